The number of hydrogen-bond donors (Lipinski definition) is 1. The average Bonchev–Trinajstić information content (AvgIpc) is 2.88. The van der Waals surface area contributed by atoms with E-state index in [2.05, 4.69) is 63.9 Å². The van der Waals surface area contributed by atoms with Crippen LogP contribution >= 0.6 is 27.3 Å². The summed E-state index contributed by atoms with van der Waals surface area (Å²) in [6.07, 6.45) is 1.06. The highest BCUT2D eigenvalue weighted by molar-refractivity contribution is 9.10. The van der Waals surface area contributed by atoms with Crippen LogP contribution in [0.4, 0.5) is 0 Å². The van der Waals surface area contributed by atoms with Gasteiger partial charge in [-0.25, -0.2) is 0 Å². The van der Waals surface area contributed by atoms with Gasteiger partial charge in [-0.1, -0.05) is 24.3 Å². The minimum atomic E-state index is 0.484. The Morgan fingerprint density at radius 3 is 2.76 bits per heavy atom. The zero-order valence-corrected chi connectivity index (χ0v) is 15.0. The predicted molar refractivity (Wildman–Crippen MR) is 94.4 cm³/mol. The Hall–Kier alpha value is -0.680. The summed E-state index contributed by atoms with van der Waals surface area (Å²) in [6.45, 7) is 4.81. The first-order valence-corrected chi connectivity index (χ1v) is 8.86. The third-order valence-corrected chi connectivity index (χ3v) is 5.57. The van der Waals surface area contributed by atoms with E-state index in [1.165, 1.54) is 20.5 Å². The van der Waals surface area contributed by atoms with Crippen LogP contribution < -0.4 is 5.32 Å². The lowest BCUT2D eigenvalue weighted by molar-refractivity contribution is 0.199. The topological polar surface area (TPSA) is 21.3 Å². The maximum Gasteiger partial charge on any atom is 0.0587 e. The molecule has 21 heavy (non-hydrogen) atoms. The van der Waals surface area contributed by atoms with Gasteiger partial charge in [-0.2, -0.15) is 0 Å². The van der Waals surface area contributed by atoms with Crippen LogP contribution in [-0.2, 0) is 11.2 Å². The highest BCUT2D eigenvalue weighted by Gasteiger charge is 2.16. The van der Waals surface area contributed by atoms with Crippen LogP contribution in [0.15, 0.2) is 40.2 Å². The number of hydrogen-bond acceptors (Lipinski definition) is 3. The molecule has 2 nitrogen and oxygen atoms in total. The molecule has 2 rings (SSSR count). The van der Waals surface area contributed by atoms with E-state index in [1.54, 1.807) is 7.11 Å². The third kappa shape index (κ3) is 4.92. The molecule has 0 amide bonds. The molecule has 0 fully saturated rings. The van der Waals surface area contributed by atoms with Gasteiger partial charge in [-0.15, -0.1) is 11.3 Å². The van der Waals surface area contributed by atoms with Gasteiger partial charge in [0.15, 0.2) is 0 Å². The Morgan fingerprint density at radius 1 is 1.29 bits per heavy atom. The standard InChI is InChI=1S/C17H22BrNOS/c1-13-5-3-4-6-15(13)14(12-19-8-9-20-2)11-17-16(18)7-10-21-17/h3-7,10,14,19H,8-9,11-12H2,1-2H3. The fourth-order valence-corrected chi connectivity index (χ4v) is 4.08. The molecule has 0 saturated carbocycles. The van der Waals surface area contributed by atoms with E-state index in [0.717, 1.165) is 26.1 Å². The molecular weight excluding hydrogens is 346 g/mol. The highest BCUT2D eigenvalue weighted by atomic mass is 79.9. The lowest BCUT2D eigenvalue weighted by atomic mass is 9.91. The van der Waals surface area contributed by atoms with Gasteiger partial charge >= 0.3 is 0 Å². The number of benzene rings is 1. The van der Waals surface area contributed by atoms with Crippen LogP contribution in [0.5, 0.6) is 0 Å². The van der Waals surface area contributed by atoms with Crippen LogP contribution in [0.3, 0.4) is 0 Å². The molecule has 0 saturated heterocycles. The summed E-state index contributed by atoms with van der Waals surface area (Å²) in [5, 5.41) is 5.65. The first kappa shape index (κ1) is 16.7. The van der Waals surface area contributed by atoms with E-state index in [9.17, 15) is 0 Å². The second-order valence-electron chi connectivity index (χ2n) is 5.15. The van der Waals surface area contributed by atoms with E-state index in [4.69, 9.17) is 4.74 Å². The van der Waals surface area contributed by atoms with Gasteiger partial charge in [0, 0.05) is 35.5 Å². The highest BCUT2D eigenvalue weighted by Crippen LogP contribution is 2.30. The van der Waals surface area contributed by atoms with E-state index >= 15 is 0 Å². The summed E-state index contributed by atoms with van der Waals surface area (Å²) in [7, 11) is 1.74. The Labute approximate surface area is 139 Å². The van der Waals surface area contributed by atoms with E-state index in [-0.39, 0.29) is 0 Å². The number of methoxy groups -OCH3 is 1. The third-order valence-electron chi connectivity index (χ3n) is 3.62. The second kappa shape index (κ2) is 8.69. The second-order valence-corrected chi connectivity index (χ2v) is 7.00. The number of rotatable bonds is 8. The van der Waals surface area contributed by atoms with Crippen LogP contribution in [0.25, 0.3) is 0 Å². The van der Waals surface area contributed by atoms with E-state index in [1.807, 2.05) is 11.3 Å². The Kier molecular flexibility index (Phi) is 6.90. The monoisotopic (exact) mass is 367 g/mol. The molecular formula is C17H22BrNOS. The molecule has 1 aromatic carbocycles. The van der Waals surface area contributed by atoms with Crippen molar-refractivity contribution in [2.75, 3.05) is 26.8 Å². The SMILES string of the molecule is COCCNCC(Cc1sccc1Br)c1ccccc1C. The molecule has 2 aromatic rings. The zero-order chi connectivity index (χ0) is 15.1. The van der Waals surface area contributed by atoms with Crippen molar-refractivity contribution in [1.82, 2.24) is 5.32 Å². The maximum absolute atomic E-state index is 5.11. The van der Waals surface area contributed by atoms with Gasteiger partial charge in [-0.3, -0.25) is 0 Å². The summed E-state index contributed by atoms with van der Waals surface area (Å²) in [4.78, 5) is 1.41. The quantitative estimate of drug-likeness (QED) is 0.698. The average molecular weight is 368 g/mol. The summed E-state index contributed by atoms with van der Waals surface area (Å²) in [5.41, 5.74) is 2.80. The van der Waals surface area contributed by atoms with Gasteiger partial charge in [-0.05, 0) is 51.8 Å². The van der Waals surface area contributed by atoms with Crippen molar-refractivity contribution in [2.45, 2.75) is 19.3 Å². The number of aryl methyl sites for hydroxylation is 1. The predicted octanol–water partition coefficient (Wildman–Crippen LogP) is 4.38. The summed E-state index contributed by atoms with van der Waals surface area (Å²) in [6, 6.07) is 10.8. The van der Waals surface area contributed by atoms with Crippen molar-refractivity contribution in [3.05, 3.63) is 56.2 Å². The van der Waals surface area contributed by atoms with Gasteiger partial charge in [0.1, 0.15) is 0 Å². The molecule has 0 spiro atoms. The Morgan fingerprint density at radius 2 is 2.10 bits per heavy atom. The van der Waals surface area contributed by atoms with Crippen LogP contribution in [0.2, 0.25) is 0 Å². The molecule has 0 aliphatic heterocycles. The van der Waals surface area contributed by atoms with Crippen molar-refractivity contribution in [3.63, 3.8) is 0 Å². The van der Waals surface area contributed by atoms with Gasteiger partial charge < -0.3 is 10.1 Å². The minimum Gasteiger partial charge on any atom is -0.383 e. The van der Waals surface area contributed by atoms with Crippen molar-refractivity contribution >= 4 is 27.3 Å². The fraction of sp³-hybridized carbons (Fsp3) is 0.412. The van der Waals surface area contributed by atoms with Gasteiger partial charge in [0.2, 0.25) is 0 Å². The molecule has 0 bridgehead atoms. The normalized spacial score (nSPS) is 12.5. The molecule has 0 aliphatic rings. The summed E-state index contributed by atoms with van der Waals surface area (Å²) >= 11 is 5.47. The number of thiophene rings is 1. The minimum absolute atomic E-state index is 0.484. The lowest BCUT2D eigenvalue weighted by Crippen LogP contribution is -2.26. The van der Waals surface area contributed by atoms with Crippen molar-refractivity contribution in [2.24, 2.45) is 0 Å². The lowest BCUT2D eigenvalue weighted by Gasteiger charge is -2.20. The number of nitrogens with one attached hydrogen (secondary N) is 1. The Balaban J connectivity index is 2.10. The molecule has 1 unspecified atom stereocenters. The fourth-order valence-electron chi connectivity index (χ4n) is 2.48. The molecule has 114 valence electrons. The zero-order valence-electron chi connectivity index (χ0n) is 12.6. The molecule has 1 N–H and O–H groups in total. The maximum atomic E-state index is 5.11. The van der Waals surface area contributed by atoms with Crippen LogP contribution in [0, 0.1) is 6.92 Å². The van der Waals surface area contributed by atoms with E-state index in [0.29, 0.717) is 5.92 Å². The number of halogens is 1. The molecule has 1 heterocycles. The number of ether oxygens (including phenoxy) is 1. The van der Waals surface area contributed by atoms with Gasteiger partial charge in [0.25, 0.3) is 0 Å². The first-order valence-electron chi connectivity index (χ1n) is 7.19. The van der Waals surface area contributed by atoms with Crippen molar-refractivity contribution in [3.8, 4) is 0 Å². The van der Waals surface area contributed by atoms with E-state index < -0.39 is 0 Å². The van der Waals surface area contributed by atoms with Crippen molar-refractivity contribution in [1.29, 1.82) is 0 Å². The first-order chi connectivity index (χ1) is 10.2. The molecule has 4 heteroatoms. The summed E-state index contributed by atoms with van der Waals surface area (Å²) < 4.78 is 6.34. The van der Waals surface area contributed by atoms with Crippen LogP contribution in [-0.4, -0.2) is 26.8 Å². The smallest absolute Gasteiger partial charge is 0.0587 e. The molecule has 1 aromatic heterocycles. The Bertz CT molecular complexity index is 555. The van der Waals surface area contributed by atoms with Crippen LogP contribution in [0.1, 0.15) is 21.9 Å². The summed E-state index contributed by atoms with van der Waals surface area (Å²) in [5.74, 6) is 0.484. The molecule has 0 radical (unpaired) electrons. The molecule has 0 aliphatic carbocycles. The molecule has 1 atom stereocenters. The largest absolute Gasteiger partial charge is 0.383 e. The van der Waals surface area contributed by atoms with Gasteiger partial charge in [0.05, 0.1) is 6.61 Å². The van der Waals surface area contributed by atoms with Crippen molar-refractivity contribution < 1.29 is 4.74 Å².